The molecule has 1 amide bonds. The summed E-state index contributed by atoms with van der Waals surface area (Å²) in [7, 11) is -2.65. The van der Waals surface area contributed by atoms with Gasteiger partial charge in [0.25, 0.3) is 5.91 Å². The highest BCUT2D eigenvalue weighted by atomic mass is 32.2. The highest BCUT2D eigenvalue weighted by Gasteiger charge is 2.31. The lowest BCUT2D eigenvalue weighted by Gasteiger charge is -2.18. The average molecular weight is 474 g/mol. The molecule has 0 aliphatic carbocycles. The van der Waals surface area contributed by atoms with E-state index < -0.39 is 45.8 Å². The van der Waals surface area contributed by atoms with E-state index in [9.17, 15) is 31.2 Å². The molecule has 0 heterocycles. The minimum Gasteiger partial charge on any atom is -0.497 e. The molecule has 0 fully saturated rings. The number of carbonyl (C=O) groups excluding carboxylic acids is 2. The third kappa shape index (κ3) is 6.69. The van der Waals surface area contributed by atoms with Gasteiger partial charge in [-0.05, 0) is 56.3 Å². The van der Waals surface area contributed by atoms with E-state index in [0.717, 1.165) is 18.2 Å². The second kappa shape index (κ2) is 10.0. The van der Waals surface area contributed by atoms with E-state index in [1.165, 1.54) is 51.3 Å². The highest BCUT2D eigenvalue weighted by Crippen LogP contribution is 2.30. The van der Waals surface area contributed by atoms with Gasteiger partial charge in [-0.15, -0.1) is 0 Å². The van der Waals surface area contributed by atoms with Crippen LogP contribution in [0, 0.1) is 0 Å². The van der Waals surface area contributed by atoms with Crippen LogP contribution in [0.1, 0.15) is 19.4 Å². The number of carbonyl (C=O) groups is 2. The van der Waals surface area contributed by atoms with Crippen LogP contribution in [0.2, 0.25) is 0 Å². The number of methoxy groups -OCH3 is 1. The van der Waals surface area contributed by atoms with Gasteiger partial charge in [0.15, 0.2) is 6.10 Å². The molecule has 2 aromatic rings. The summed E-state index contributed by atoms with van der Waals surface area (Å²) in [5.41, 5.74) is -1.09. The first kappa shape index (κ1) is 25.1. The summed E-state index contributed by atoms with van der Waals surface area (Å²) in [5.74, 6) is -1.49. The minimum absolute atomic E-state index is 0.117. The first-order valence-electron chi connectivity index (χ1n) is 9.18. The summed E-state index contributed by atoms with van der Waals surface area (Å²) in [4.78, 5) is 24.3. The van der Waals surface area contributed by atoms with Gasteiger partial charge in [0.05, 0.1) is 17.6 Å². The monoisotopic (exact) mass is 474 g/mol. The van der Waals surface area contributed by atoms with Crippen molar-refractivity contribution in [2.45, 2.75) is 37.1 Å². The Morgan fingerprint density at radius 1 is 1.03 bits per heavy atom. The van der Waals surface area contributed by atoms with E-state index in [1.54, 1.807) is 0 Å². The van der Waals surface area contributed by atoms with E-state index >= 15 is 0 Å². The zero-order chi connectivity index (χ0) is 24.1. The van der Waals surface area contributed by atoms with Crippen molar-refractivity contribution in [2.75, 3.05) is 12.4 Å². The molecule has 0 aliphatic rings. The summed E-state index contributed by atoms with van der Waals surface area (Å²) in [5, 5.41) is 2.22. The Hall–Kier alpha value is -3.12. The predicted octanol–water partition coefficient (Wildman–Crippen LogP) is 2.95. The Balaban J connectivity index is 1.98. The topological polar surface area (TPSA) is 111 Å². The molecule has 8 nitrogen and oxygen atoms in total. The van der Waals surface area contributed by atoms with Crippen molar-refractivity contribution in [3.05, 3.63) is 54.1 Å². The molecule has 12 heteroatoms. The number of ether oxygens (including phenoxy) is 2. The molecule has 0 aliphatic heterocycles. The molecule has 1 unspecified atom stereocenters. The van der Waals surface area contributed by atoms with Crippen molar-refractivity contribution in [3.63, 3.8) is 0 Å². The molecular formula is C20H21F3N2O6S. The van der Waals surface area contributed by atoms with Crippen molar-refractivity contribution in [2.24, 2.45) is 0 Å². The van der Waals surface area contributed by atoms with Gasteiger partial charge in [-0.25, -0.2) is 8.42 Å². The van der Waals surface area contributed by atoms with Gasteiger partial charge >= 0.3 is 12.1 Å². The number of rotatable bonds is 8. The molecule has 0 spiro atoms. The fourth-order valence-electron chi connectivity index (χ4n) is 2.45. The molecule has 0 bridgehead atoms. The molecule has 2 aromatic carbocycles. The number of benzene rings is 2. The van der Waals surface area contributed by atoms with E-state index in [4.69, 9.17) is 9.47 Å². The molecule has 0 aromatic heterocycles. The number of sulfonamides is 1. The number of nitrogens with one attached hydrogen (secondary N) is 2. The number of esters is 1. The lowest BCUT2D eigenvalue weighted by Crippen LogP contribution is -2.42. The largest absolute Gasteiger partial charge is 0.497 e. The van der Waals surface area contributed by atoms with Crippen LogP contribution >= 0.6 is 0 Å². The first-order chi connectivity index (χ1) is 14.8. The fourth-order valence-corrected chi connectivity index (χ4v) is 3.64. The van der Waals surface area contributed by atoms with E-state index in [-0.39, 0.29) is 10.6 Å². The molecule has 2 atom stereocenters. The Labute approximate surface area is 182 Å². The summed E-state index contributed by atoms with van der Waals surface area (Å²) >= 11 is 0. The van der Waals surface area contributed by atoms with E-state index in [0.29, 0.717) is 5.75 Å². The third-order valence-electron chi connectivity index (χ3n) is 4.17. The zero-order valence-electron chi connectivity index (χ0n) is 17.3. The second-order valence-corrected chi connectivity index (χ2v) is 8.38. The van der Waals surface area contributed by atoms with Crippen LogP contribution in [-0.4, -0.2) is 39.5 Å². The molecule has 0 radical (unpaired) electrons. The number of halogens is 3. The normalized spacial score (nSPS) is 13.7. The van der Waals surface area contributed by atoms with Gasteiger partial charge in [0.1, 0.15) is 11.8 Å². The Morgan fingerprint density at radius 2 is 1.66 bits per heavy atom. The van der Waals surface area contributed by atoms with Crippen molar-refractivity contribution in [1.82, 2.24) is 4.72 Å². The predicted molar refractivity (Wildman–Crippen MR) is 108 cm³/mol. The lowest BCUT2D eigenvalue weighted by molar-refractivity contribution is -0.154. The molecule has 0 saturated heterocycles. The van der Waals surface area contributed by atoms with Crippen molar-refractivity contribution in [1.29, 1.82) is 0 Å². The minimum atomic E-state index is -4.59. The molecule has 2 N–H and O–H groups in total. The number of alkyl halides is 3. The molecule has 2 rings (SSSR count). The van der Waals surface area contributed by atoms with Crippen molar-refractivity contribution in [3.8, 4) is 5.75 Å². The maximum absolute atomic E-state index is 12.8. The van der Waals surface area contributed by atoms with Crippen LogP contribution in [0.15, 0.2) is 53.4 Å². The quantitative estimate of drug-likeness (QED) is 0.570. The summed E-state index contributed by atoms with van der Waals surface area (Å²) in [6.45, 7) is 2.42. The van der Waals surface area contributed by atoms with E-state index in [2.05, 4.69) is 10.0 Å². The molecule has 174 valence electrons. The zero-order valence-corrected chi connectivity index (χ0v) is 18.1. The van der Waals surface area contributed by atoms with Crippen LogP contribution in [0.5, 0.6) is 5.75 Å². The first-order valence-corrected chi connectivity index (χ1v) is 10.7. The molecule has 32 heavy (non-hydrogen) atoms. The highest BCUT2D eigenvalue weighted by molar-refractivity contribution is 7.89. The summed E-state index contributed by atoms with van der Waals surface area (Å²) < 4.78 is 75.1. The summed E-state index contributed by atoms with van der Waals surface area (Å²) in [6, 6.07) is 8.02. The maximum Gasteiger partial charge on any atom is 0.416 e. The third-order valence-corrected chi connectivity index (χ3v) is 5.73. The molecular weight excluding hydrogens is 453 g/mol. The van der Waals surface area contributed by atoms with Gasteiger partial charge in [-0.2, -0.15) is 17.9 Å². The number of hydrogen-bond donors (Lipinski definition) is 2. The van der Waals surface area contributed by atoms with Gasteiger partial charge in [-0.1, -0.05) is 6.07 Å². The van der Waals surface area contributed by atoms with Gasteiger partial charge in [0.2, 0.25) is 10.0 Å². The average Bonchev–Trinajstić information content (AvgIpc) is 2.72. The fraction of sp³-hybridized carbons (Fsp3) is 0.300. The Morgan fingerprint density at radius 3 is 2.22 bits per heavy atom. The van der Waals surface area contributed by atoms with Crippen molar-refractivity contribution < 1.29 is 40.7 Å². The van der Waals surface area contributed by atoms with Gasteiger partial charge in [-0.3, -0.25) is 9.59 Å². The van der Waals surface area contributed by atoms with Crippen molar-refractivity contribution >= 4 is 27.6 Å². The van der Waals surface area contributed by atoms with Gasteiger partial charge in [0, 0.05) is 5.69 Å². The number of amides is 1. The second-order valence-electron chi connectivity index (χ2n) is 6.67. The Kier molecular flexibility index (Phi) is 7.86. The lowest BCUT2D eigenvalue weighted by atomic mass is 10.2. The summed E-state index contributed by atoms with van der Waals surface area (Å²) in [6.07, 6.45) is -5.99. The molecule has 0 saturated carbocycles. The van der Waals surface area contributed by atoms with Gasteiger partial charge < -0.3 is 14.8 Å². The SMILES string of the molecule is COc1ccc(S(=O)(=O)N[C@@H](C)C(=O)OC(C)C(=O)Nc2cccc(C(F)(F)F)c2)cc1. The maximum atomic E-state index is 12.8. The van der Waals surface area contributed by atoms with Crippen LogP contribution in [0.3, 0.4) is 0 Å². The van der Waals surface area contributed by atoms with Crippen LogP contribution in [0.4, 0.5) is 18.9 Å². The standard InChI is InChI=1S/C20H21F3N2O6S/c1-12(25-32(28,29)17-9-7-16(30-3)8-10-17)19(27)31-13(2)18(26)24-15-6-4-5-14(11-15)20(21,22)23/h4-13,25H,1-3H3,(H,24,26)/t12-,13?/m0/s1. The smallest absolute Gasteiger partial charge is 0.416 e. The van der Waals surface area contributed by atoms with Crippen LogP contribution in [-0.2, 0) is 30.5 Å². The van der Waals surface area contributed by atoms with Crippen LogP contribution < -0.4 is 14.8 Å². The number of hydrogen-bond acceptors (Lipinski definition) is 6. The van der Waals surface area contributed by atoms with E-state index in [1.807, 2.05) is 0 Å². The Bertz CT molecular complexity index is 1070. The van der Waals surface area contributed by atoms with Crippen LogP contribution in [0.25, 0.3) is 0 Å². The number of anilines is 1.